The standard InChI is InChI=1S/C14H20N2O3/c1-11-10-15(9-7-14(11)17)8-6-12-2-4-13(5-3-12)16(18)19/h2-5,11,14,17H,6-10H2,1H3. The summed E-state index contributed by atoms with van der Waals surface area (Å²) in [7, 11) is 0. The monoisotopic (exact) mass is 264 g/mol. The number of piperidine rings is 1. The number of nitrogens with zero attached hydrogens (tertiary/aromatic N) is 2. The number of nitro benzene ring substituents is 1. The van der Waals surface area contributed by atoms with Gasteiger partial charge in [-0.25, -0.2) is 0 Å². The molecular weight excluding hydrogens is 244 g/mol. The maximum atomic E-state index is 10.6. The van der Waals surface area contributed by atoms with Crippen molar-refractivity contribution >= 4 is 5.69 Å². The van der Waals surface area contributed by atoms with Crippen molar-refractivity contribution in [2.24, 2.45) is 5.92 Å². The summed E-state index contributed by atoms with van der Waals surface area (Å²) < 4.78 is 0. The molecule has 1 aromatic rings. The summed E-state index contributed by atoms with van der Waals surface area (Å²) in [5.74, 6) is 0.325. The number of aliphatic hydroxyl groups is 1. The second kappa shape index (κ2) is 6.12. The molecule has 19 heavy (non-hydrogen) atoms. The van der Waals surface area contributed by atoms with Crippen molar-refractivity contribution in [2.75, 3.05) is 19.6 Å². The Morgan fingerprint density at radius 3 is 2.68 bits per heavy atom. The van der Waals surface area contributed by atoms with Gasteiger partial charge in [-0.05, 0) is 24.3 Å². The molecule has 0 spiro atoms. The number of rotatable bonds is 4. The van der Waals surface area contributed by atoms with Gasteiger partial charge in [0.25, 0.3) is 5.69 Å². The Morgan fingerprint density at radius 1 is 1.42 bits per heavy atom. The van der Waals surface area contributed by atoms with E-state index in [1.807, 2.05) is 12.1 Å². The first-order valence-electron chi connectivity index (χ1n) is 6.70. The van der Waals surface area contributed by atoms with Gasteiger partial charge in [-0.15, -0.1) is 0 Å². The summed E-state index contributed by atoms with van der Waals surface area (Å²) in [5, 5.41) is 20.2. The van der Waals surface area contributed by atoms with Gasteiger partial charge >= 0.3 is 0 Å². The van der Waals surface area contributed by atoms with E-state index in [4.69, 9.17) is 0 Å². The lowest BCUT2D eigenvalue weighted by molar-refractivity contribution is -0.384. The van der Waals surface area contributed by atoms with E-state index < -0.39 is 0 Å². The lowest BCUT2D eigenvalue weighted by Gasteiger charge is -2.34. The molecule has 0 bridgehead atoms. The molecule has 1 aliphatic rings. The van der Waals surface area contributed by atoms with Crippen LogP contribution < -0.4 is 0 Å². The Kier molecular flexibility index (Phi) is 4.50. The summed E-state index contributed by atoms with van der Waals surface area (Å²) in [6.45, 7) is 4.87. The summed E-state index contributed by atoms with van der Waals surface area (Å²) in [4.78, 5) is 12.5. The van der Waals surface area contributed by atoms with Crippen LogP contribution in [0.1, 0.15) is 18.9 Å². The van der Waals surface area contributed by atoms with Gasteiger partial charge in [0, 0.05) is 31.8 Å². The maximum absolute atomic E-state index is 10.6. The molecule has 2 unspecified atom stereocenters. The van der Waals surface area contributed by atoms with Crippen molar-refractivity contribution in [1.82, 2.24) is 4.90 Å². The topological polar surface area (TPSA) is 66.6 Å². The third-order valence-electron chi connectivity index (χ3n) is 3.81. The molecule has 5 heteroatoms. The lowest BCUT2D eigenvalue weighted by Crippen LogP contribution is -2.42. The second-order valence-electron chi connectivity index (χ2n) is 5.31. The molecule has 0 amide bonds. The highest BCUT2D eigenvalue weighted by Gasteiger charge is 2.23. The van der Waals surface area contributed by atoms with Crippen molar-refractivity contribution in [3.05, 3.63) is 39.9 Å². The van der Waals surface area contributed by atoms with Crippen molar-refractivity contribution in [3.8, 4) is 0 Å². The van der Waals surface area contributed by atoms with E-state index in [-0.39, 0.29) is 16.7 Å². The molecular formula is C14H20N2O3. The molecule has 0 aromatic heterocycles. The number of nitro groups is 1. The van der Waals surface area contributed by atoms with Crippen LogP contribution in [0.15, 0.2) is 24.3 Å². The highest BCUT2D eigenvalue weighted by atomic mass is 16.6. The van der Waals surface area contributed by atoms with Crippen molar-refractivity contribution in [3.63, 3.8) is 0 Å². The summed E-state index contributed by atoms with van der Waals surface area (Å²) in [6, 6.07) is 6.75. The van der Waals surface area contributed by atoms with E-state index in [1.54, 1.807) is 12.1 Å². The molecule has 0 saturated carbocycles. The van der Waals surface area contributed by atoms with Crippen molar-refractivity contribution in [1.29, 1.82) is 0 Å². The molecule has 1 N–H and O–H groups in total. The molecule has 2 atom stereocenters. The minimum Gasteiger partial charge on any atom is -0.393 e. The molecule has 1 fully saturated rings. The van der Waals surface area contributed by atoms with Gasteiger partial charge in [0.05, 0.1) is 11.0 Å². The Labute approximate surface area is 113 Å². The average Bonchev–Trinajstić information content (AvgIpc) is 2.40. The fourth-order valence-corrected chi connectivity index (χ4v) is 2.49. The van der Waals surface area contributed by atoms with Crippen LogP contribution in [0.25, 0.3) is 0 Å². The smallest absolute Gasteiger partial charge is 0.269 e. The first-order chi connectivity index (χ1) is 9.06. The number of likely N-dealkylation sites (tertiary alicyclic amines) is 1. The number of benzene rings is 1. The fraction of sp³-hybridized carbons (Fsp3) is 0.571. The highest BCUT2D eigenvalue weighted by molar-refractivity contribution is 5.32. The van der Waals surface area contributed by atoms with Crippen molar-refractivity contribution in [2.45, 2.75) is 25.9 Å². The predicted molar refractivity (Wildman–Crippen MR) is 73.0 cm³/mol. The van der Waals surface area contributed by atoms with Crippen LogP contribution in [0.4, 0.5) is 5.69 Å². The lowest BCUT2D eigenvalue weighted by atomic mass is 9.96. The van der Waals surface area contributed by atoms with Gasteiger partial charge in [-0.1, -0.05) is 19.1 Å². The minimum atomic E-state index is -0.377. The van der Waals surface area contributed by atoms with Gasteiger partial charge in [0.1, 0.15) is 0 Å². The molecule has 104 valence electrons. The van der Waals surface area contributed by atoms with Crippen LogP contribution in [0.2, 0.25) is 0 Å². The molecule has 1 aromatic carbocycles. The van der Waals surface area contributed by atoms with Gasteiger partial charge in [0.2, 0.25) is 0 Å². The molecule has 2 rings (SSSR count). The molecule has 0 aliphatic carbocycles. The molecule has 1 heterocycles. The number of aliphatic hydroxyl groups excluding tert-OH is 1. The van der Waals surface area contributed by atoms with Crippen molar-refractivity contribution < 1.29 is 10.0 Å². The fourth-order valence-electron chi connectivity index (χ4n) is 2.49. The Morgan fingerprint density at radius 2 is 2.11 bits per heavy atom. The van der Waals surface area contributed by atoms with Crippen LogP contribution in [-0.2, 0) is 6.42 Å². The van der Waals surface area contributed by atoms with Gasteiger partial charge in [-0.2, -0.15) is 0 Å². The van der Waals surface area contributed by atoms with Gasteiger partial charge in [-0.3, -0.25) is 10.1 Å². The largest absolute Gasteiger partial charge is 0.393 e. The summed E-state index contributed by atoms with van der Waals surface area (Å²) in [6.07, 6.45) is 1.55. The quantitative estimate of drug-likeness (QED) is 0.665. The zero-order valence-electron chi connectivity index (χ0n) is 11.2. The van der Waals surface area contributed by atoms with Crippen LogP contribution >= 0.6 is 0 Å². The van der Waals surface area contributed by atoms with Crippen LogP contribution in [0.3, 0.4) is 0 Å². The highest BCUT2D eigenvalue weighted by Crippen LogP contribution is 2.17. The van der Waals surface area contributed by atoms with E-state index in [0.29, 0.717) is 5.92 Å². The van der Waals surface area contributed by atoms with Crippen LogP contribution in [0.5, 0.6) is 0 Å². The van der Waals surface area contributed by atoms with E-state index in [1.165, 1.54) is 0 Å². The first kappa shape index (κ1) is 14.0. The SMILES string of the molecule is CC1CN(CCc2ccc([N+](=O)[O-])cc2)CCC1O. The predicted octanol–water partition coefficient (Wildman–Crippen LogP) is 1.84. The van der Waals surface area contributed by atoms with Crippen LogP contribution in [0, 0.1) is 16.0 Å². The third-order valence-corrected chi connectivity index (χ3v) is 3.81. The first-order valence-corrected chi connectivity index (χ1v) is 6.70. The maximum Gasteiger partial charge on any atom is 0.269 e. The second-order valence-corrected chi connectivity index (χ2v) is 5.31. The van der Waals surface area contributed by atoms with Crippen LogP contribution in [-0.4, -0.2) is 40.7 Å². The zero-order chi connectivity index (χ0) is 13.8. The molecule has 1 aliphatic heterocycles. The zero-order valence-corrected chi connectivity index (χ0v) is 11.2. The number of hydrogen-bond acceptors (Lipinski definition) is 4. The normalized spacial score (nSPS) is 24.3. The Bertz CT molecular complexity index is 433. The van der Waals surface area contributed by atoms with Gasteiger partial charge in [0.15, 0.2) is 0 Å². The molecule has 0 radical (unpaired) electrons. The number of hydrogen-bond donors (Lipinski definition) is 1. The number of non-ortho nitro benzene ring substituents is 1. The summed E-state index contributed by atoms with van der Waals surface area (Å²) in [5.41, 5.74) is 1.25. The van der Waals surface area contributed by atoms with Gasteiger partial charge < -0.3 is 10.0 Å². The minimum absolute atomic E-state index is 0.137. The van der Waals surface area contributed by atoms with E-state index >= 15 is 0 Å². The Hall–Kier alpha value is -1.46. The molecule has 1 saturated heterocycles. The average molecular weight is 264 g/mol. The molecule has 5 nitrogen and oxygen atoms in total. The van der Waals surface area contributed by atoms with E-state index in [9.17, 15) is 15.2 Å². The Balaban J connectivity index is 1.83. The third kappa shape index (κ3) is 3.75. The van der Waals surface area contributed by atoms with E-state index in [0.717, 1.165) is 38.0 Å². The summed E-state index contributed by atoms with van der Waals surface area (Å²) >= 11 is 0. The van der Waals surface area contributed by atoms with E-state index in [2.05, 4.69) is 11.8 Å².